The Labute approximate surface area is 212 Å². The molecule has 1 saturated heterocycles. The summed E-state index contributed by atoms with van der Waals surface area (Å²) in [5.74, 6) is 0.905. The molecule has 2 N–H and O–H groups in total. The first kappa shape index (κ1) is 25.4. The minimum absolute atomic E-state index is 0.0984. The fraction of sp³-hybridized carbons (Fsp3) is 0.423. The number of hydrogen-bond donors (Lipinski definition) is 1. The largest absolute Gasteiger partial charge is 0.483 e. The first-order valence-corrected chi connectivity index (χ1v) is 12.0. The van der Waals surface area contributed by atoms with Gasteiger partial charge < -0.3 is 15.2 Å². The number of hydrogen-bond acceptors (Lipinski definition) is 7. The van der Waals surface area contributed by atoms with E-state index in [1.54, 1.807) is 23.6 Å². The molecule has 1 aromatic carbocycles. The van der Waals surface area contributed by atoms with E-state index in [1.807, 2.05) is 38.1 Å². The quantitative estimate of drug-likeness (QED) is 0.391. The van der Waals surface area contributed by atoms with Crippen LogP contribution in [0.4, 0.5) is 13.2 Å². The predicted molar refractivity (Wildman–Crippen MR) is 133 cm³/mol. The lowest BCUT2D eigenvalue weighted by Gasteiger charge is -2.30. The van der Waals surface area contributed by atoms with Crippen LogP contribution >= 0.6 is 0 Å². The summed E-state index contributed by atoms with van der Waals surface area (Å²) >= 11 is 0. The second-order valence-electron chi connectivity index (χ2n) is 10.0. The first-order chi connectivity index (χ1) is 17.6. The Bertz CT molecular complexity index is 1420. The zero-order chi connectivity index (χ0) is 26.4. The van der Waals surface area contributed by atoms with Crippen molar-refractivity contribution in [3.63, 3.8) is 0 Å². The Balaban J connectivity index is 1.57. The minimum atomic E-state index is -4.46. The number of nitrogens with zero attached hydrogens (tertiary/aromatic N) is 5. The highest BCUT2D eigenvalue weighted by Gasteiger charge is 2.46. The Morgan fingerprint density at radius 1 is 1.11 bits per heavy atom. The molecule has 0 amide bonds. The zero-order valence-electron chi connectivity index (χ0n) is 20.9. The van der Waals surface area contributed by atoms with E-state index in [1.165, 1.54) is 17.2 Å². The Morgan fingerprint density at radius 3 is 2.62 bits per heavy atom. The monoisotopic (exact) mass is 514 g/mol. The van der Waals surface area contributed by atoms with E-state index in [2.05, 4.69) is 10.2 Å². The van der Waals surface area contributed by atoms with Crippen LogP contribution < -0.4 is 10.5 Å². The van der Waals surface area contributed by atoms with Crippen LogP contribution in [0.5, 0.6) is 5.75 Å². The van der Waals surface area contributed by atoms with Gasteiger partial charge in [-0.1, -0.05) is 24.3 Å². The molecule has 0 saturated carbocycles. The Hall–Kier alpha value is -3.28. The highest BCUT2D eigenvalue weighted by molar-refractivity contribution is 5.86. The standard InChI is InChI=1S/C26H29F3N6O2/c1-25(2,15-36-3)37-20-6-4-5-16-7-9-19(31-22(16)20)24-33-32-21-10-8-17(13-35(21)24)23(26(27,28)29)34-12-11-18(30)14-34/h4-10,13,18,23H,11-12,14-15,30H2,1-3H3/t18-,23+/m0/s1. The van der Waals surface area contributed by atoms with Crippen molar-refractivity contribution < 1.29 is 22.6 Å². The normalized spacial score (nSPS) is 18.1. The third-order valence-corrected chi connectivity index (χ3v) is 6.46. The molecule has 0 aliphatic carbocycles. The van der Waals surface area contributed by atoms with Crippen LogP contribution in [0.25, 0.3) is 28.1 Å². The summed E-state index contributed by atoms with van der Waals surface area (Å²) < 4.78 is 55.6. The summed E-state index contributed by atoms with van der Waals surface area (Å²) in [6.07, 6.45) is -2.49. The van der Waals surface area contributed by atoms with Crippen molar-refractivity contribution in [2.24, 2.45) is 5.73 Å². The maximum absolute atomic E-state index is 14.2. The lowest BCUT2D eigenvalue weighted by molar-refractivity contribution is -0.183. The van der Waals surface area contributed by atoms with Gasteiger partial charge in [0.2, 0.25) is 0 Å². The maximum atomic E-state index is 14.2. The van der Waals surface area contributed by atoms with E-state index in [0.717, 1.165) is 5.39 Å². The zero-order valence-corrected chi connectivity index (χ0v) is 20.9. The summed E-state index contributed by atoms with van der Waals surface area (Å²) in [4.78, 5) is 6.17. The second-order valence-corrected chi connectivity index (χ2v) is 10.0. The number of nitrogens with two attached hydrogens (primary N) is 1. The van der Waals surface area contributed by atoms with Crippen molar-refractivity contribution >= 4 is 16.6 Å². The molecule has 1 aliphatic rings. The third-order valence-electron chi connectivity index (χ3n) is 6.46. The van der Waals surface area contributed by atoms with Crippen molar-refractivity contribution in [1.82, 2.24) is 24.5 Å². The fourth-order valence-corrected chi connectivity index (χ4v) is 4.90. The number of para-hydroxylation sites is 1. The average molecular weight is 515 g/mol. The average Bonchev–Trinajstić information content (AvgIpc) is 3.44. The van der Waals surface area contributed by atoms with Gasteiger partial charge in [0.25, 0.3) is 0 Å². The van der Waals surface area contributed by atoms with Gasteiger partial charge in [-0.15, -0.1) is 10.2 Å². The van der Waals surface area contributed by atoms with Gasteiger partial charge in [-0.25, -0.2) is 4.98 Å². The molecular formula is C26H29F3N6O2. The SMILES string of the molecule is COCC(C)(C)Oc1cccc2ccc(-c3nnc4ccc([C@@H](N5CC[C@H](N)C5)C(F)(F)F)cn34)nc12. The summed E-state index contributed by atoms with van der Waals surface area (Å²) in [6.45, 7) is 4.68. The van der Waals surface area contributed by atoms with Crippen LogP contribution in [0.3, 0.4) is 0 Å². The Kier molecular flexibility index (Phi) is 6.55. The molecule has 196 valence electrons. The molecule has 0 radical (unpaired) electrons. The van der Waals surface area contributed by atoms with Crippen LogP contribution in [0.15, 0.2) is 48.7 Å². The van der Waals surface area contributed by atoms with E-state index < -0.39 is 17.8 Å². The molecule has 11 heteroatoms. The number of fused-ring (bicyclic) bond motifs is 2. The van der Waals surface area contributed by atoms with Crippen LogP contribution in [-0.4, -0.2) is 69.1 Å². The number of rotatable bonds is 7. The summed E-state index contributed by atoms with van der Waals surface area (Å²) in [6, 6.07) is 10.2. The second kappa shape index (κ2) is 9.55. The molecule has 2 atom stereocenters. The number of aromatic nitrogens is 4. The van der Waals surface area contributed by atoms with Crippen molar-refractivity contribution in [3.05, 3.63) is 54.2 Å². The van der Waals surface area contributed by atoms with Gasteiger partial charge in [-0.3, -0.25) is 9.30 Å². The molecule has 1 fully saturated rings. The molecule has 5 rings (SSSR count). The van der Waals surface area contributed by atoms with Gasteiger partial charge >= 0.3 is 6.18 Å². The van der Waals surface area contributed by atoms with Crippen molar-refractivity contribution in [2.45, 2.75) is 44.1 Å². The number of pyridine rings is 2. The third kappa shape index (κ3) is 5.11. The van der Waals surface area contributed by atoms with E-state index in [9.17, 15) is 13.2 Å². The van der Waals surface area contributed by atoms with Crippen LogP contribution in [-0.2, 0) is 4.74 Å². The van der Waals surface area contributed by atoms with E-state index >= 15 is 0 Å². The highest BCUT2D eigenvalue weighted by atomic mass is 19.4. The molecule has 3 aromatic heterocycles. The van der Waals surface area contributed by atoms with Gasteiger partial charge in [0.05, 0.1) is 6.61 Å². The molecule has 0 spiro atoms. The van der Waals surface area contributed by atoms with Gasteiger partial charge in [0.15, 0.2) is 11.5 Å². The summed E-state index contributed by atoms with van der Waals surface area (Å²) in [5.41, 5.74) is 6.91. The van der Waals surface area contributed by atoms with Crippen LogP contribution in [0, 0.1) is 0 Å². The molecule has 8 nitrogen and oxygen atoms in total. The number of alkyl halides is 3. The van der Waals surface area contributed by atoms with Gasteiger partial charge in [-0.05, 0) is 44.0 Å². The summed E-state index contributed by atoms with van der Waals surface area (Å²) in [5, 5.41) is 9.27. The first-order valence-electron chi connectivity index (χ1n) is 12.0. The smallest absolute Gasteiger partial charge is 0.408 e. The van der Waals surface area contributed by atoms with Gasteiger partial charge in [0.1, 0.15) is 28.6 Å². The summed E-state index contributed by atoms with van der Waals surface area (Å²) in [7, 11) is 1.61. The molecule has 0 bridgehead atoms. The molecule has 0 unspecified atom stereocenters. The number of likely N-dealkylation sites (tertiary alicyclic amines) is 1. The molecule has 4 aromatic rings. The number of benzene rings is 1. The van der Waals surface area contributed by atoms with E-state index in [-0.39, 0.29) is 24.7 Å². The molecule has 4 heterocycles. The molecule has 37 heavy (non-hydrogen) atoms. The lowest BCUT2D eigenvalue weighted by Crippen LogP contribution is -2.38. The lowest BCUT2D eigenvalue weighted by atomic mass is 10.1. The number of halogens is 3. The van der Waals surface area contributed by atoms with E-state index in [4.69, 9.17) is 20.2 Å². The van der Waals surface area contributed by atoms with Crippen LogP contribution in [0.2, 0.25) is 0 Å². The van der Waals surface area contributed by atoms with Crippen molar-refractivity contribution in [2.75, 3.05) is 26.8 Å². The highest BCUT2D eigenvalue weighted by Crippen LogP contribution is 2.39. The van der Waals surface area contributed by atoms with Crippen molar-refractivity contribution in [1.29, 1.82) is 0 Å². The minimum Gasteiger partial charge on any atom is -0.483 e. The maximum Gasteiger partial charge on any atom is 0.408 e. The molecular weight excluding hydrogens is 485 g/mol. The topological polar surface area (TPSA) is 90.8 Å². The van der Waals surface area contributed by atoms with Gasteiger partial charge in [0, 0.05) is 37.8 Å². The van der Waals surface area contributed by atoms with Gasteiger partial charge in [-0.2, -0.15) is 13.2 Å². The van der Waals surface area contributed by atoms with Crippen molar-refractivity contribution in [3.8, 4) is 17.3 Å². The number of methoxy groups -OCH3 is 1. The number of ether oxygens (including phenoxy) is 2. The van der Waals surface area contributed by atoms with Crippen LogP contribution in [0.1, 0.15) is 31.9 Å². The predicted octanol–water partition coefficient (Wildman–Crippen LogP) is 4.38. The van der Waals surface area contributed by atoms with E-state index in [0.29, 0.717) is 41.5 Å². The molecule has 1 aliphatic heterocycles. The Morgan fingerprint density at radius 2 is 1.92 bits per heavy atom. The fourth-order valence-electron chi connectivity index (χ4n) is 4.90.